The van der Waals surface area contributed by atoms with Gasteiger partial charge in [0.25, 0.3) is 5.24 Å². The summed E-state index contributed by atoms with van der Waals surface area (Å²) in [4.78, 5) is 23.7. The van der Waals surface area contributed by atoms with Crippen molar-refractivity contribution in [2.24, 2.45) is 0 Å². The SMILES string of the molecule is CCN(CC)CCCSC(=O)N1c2ccccc2Sc2cccnc21.Cl. The zero-order valence-electron chi connectivity index (χ0n) is 15.1. The summed E-state index contributed by atoms with van der Waals surface area (Å²) < 4.78 is 0. The second-order valence-electron chi connectivity index (χ2n) is 5.73. The Balaban J connectivity index is 0.00000243. The third-order valence-corrected chi connectivity index (χ3v) is 6.24. The summed E-state index contributed by atoms with van der Waals surface area (Å²) in [6, 6.07) is 12.0. The maximum absolute atomic E-state index is 12.9. The van der Waals surface area contributed by atoms with Crippen LogP contribution in [0, 0.1) is 0 Å². The molecule has 0 unspecified atom stereocenters. The van der Waals surface area contributed by atoms with Crippen molar-refractivity contribution < 1.29 is 4.79 Å². The molecule has 140 valence electrons. The predicted molar refractivity (Wildman–Crippen MR) is 114 cm³/mol. The van der Waals surface area contributed by atoms with E-state index in [-0.39, 0.29) is 17.6 Å². The van der Waals surface area contributed by atoms with E-state index in [0.717, 1.165) is 53.1 Å². The van der Waals surface area contributed by atoms with E-state index in [1.54, 1.807) is 22.9 Å². The largest absolute Gasteiger partial charge is 0.304 e. The molecule has 0 atom stereocenters. The van der Waals surface area contributed by atoms with Gasteiger partial charge in [0.1, 0.15) is 0 Å². The minimum Gasteiger partial charge on any atom is -0.304 e. The molecule has 0 N–H and O–H groups in total. The molecule has 4 nitrogen and oxygen atoms in total. The van der Waals surface area contributed by atoms with E-state index in [4.69, 9.17) is 0 Å². The van der Waals surface area contributed by atoms with Crippen molar-refractivity contribution in [3.8, 4) is 0 Å². The van der Waals surface area contributed by atoms with Crippen molar-refractivity contribution in [2.75, 3.05) is 30.3 Å². The fourth-order valence-electron chi connectivity index (χ4n) is 2.83. The fourth-order valence-corrected chi connectivity index (χ4v) is 4.62. The number of aromatic nitrogens is 1. The number of carbonyl (C=O) groups is 1. The second kappa shape index (κ2) is 10.2. The molecule has 2 aromatic rings. The van der Waals surface area contributed by atoms with Crippen LogP contribution < -0.4 is 4.90 Å². The van der Waals surface area contributed by atoms with E-state index in [2.05, 4.69) is 29.8 Å². The normalized spacial score (nSPS) is 12.3. The summed E-state index contributed by atoms with van der Waals surface area (Å²) in [5, 5.41) is 0.0484. The number of para-hydroxylation sites is 1. The lowest BCUT2D eigenvalue weighted by Crippen LogP contribution is -2.27. The average molecular weight is 410 g/mol. The quantitative estimate of drug-likeness (QED) is 0.572. The molecule has 0 aliphatic carbocycles. The van der Waals surface area contributed by atoms with Crippen LogP contribution in [0.4, 0.5) is 16.3 Å². The van der Waals surface area contributed by atoms with Crippen LogP contribution in [-0.2, 0) is 0 Å². The number of pyridine rings is 1. The number of nitrogens with zero attached hydrogens (tertiary/aromatic N) is 3. The lowest BCUT2D eigenvalue weighted by Gasteiger charge is -2.29. The maximum atomic E-state index is 12.9. The second-order valence-corrected chi connectivity index (χ2v) is 7.86. The number of halogens is 1. The van der Waals surface area contributed by atoms with Gasteiger partial charge in [0, 0.05) is 16.8 Å². The standard InChI is InChI=1S/C19H23N3OS2.ClH/c1-3-21(4-2)13-8-14-24-19(23)22-15-9-5-6-10-16(15)25-17-11-7-12-20-18(17)22;/h5-7,9-12H,3-4,8,13-14H2,1-2H3;1H. The molecule has 1 aliphatic heterocycles. The van der Waals surface area contributed by atoms with Gasteiger partial charge >= 0.3 is 0 Å². The minimum atomic E-state index is 0. The smallest absolute Gasteiger partial charge is 0.291 e. The van der Waals surface area contributed by atoms with Gasteiger partial charge in [-0.1, -0.05) is 49.5 Å². The van der Waals surface area contributed by atoms with Crippen LogP contribution in [0.1, 0.15) is 20.3 Å². The molecule has 7 heteroatoms. The minimum absolute atomic E-state index is 0. The monoisotopic (exact) mass is 409 g/mol. The average Bonchev–Trinajstić information content (AvgIpc) is 2.66. The Bertz CT molecular complexity index is 695. The summed E-state index contributed by atoms with van der Waals surface area (Å²) in [6.07, 6.45) is 2.76. The number of hydrogen-bond acceptors (Lipinski definition) is 5. The lowest BCUT2D eigenvalue weighted by molar-refractivity contribution is 0.266. The van der Waals surface area contributed by atoms with Gasteiger partial charge in [-0.2, -0.15) is 0 Å². The van der Waals surface area contributed by atoms with Gasteiger partial charge in [-0.05, 0) is 50.3 Å². The molecule has 3 rings (SSSR count). The van der Waals surface area contributed by atoms with E-state index in [9.17, 15) is 4.79 Å². The highest BCUT2D eigenvalue weighted by molar-refractivity contribution is 8.13. The van der Waals surface area contributed by atoms with Crippen LogP contribution in [0.3, 0.4) is 0 Å². The number of anilines is 2. The zero-order valence-corrected chi connectivity index (χ0v) is 17.5. The molecule has 0 saturated carbocycles. The number of fused-ring (bicyclic) bond motifs is 2. The molecule has 1 amide bonds. The Morgan fingerprint density at radius 1 is 1.15 bits per heavy atom. The topological polar surface area (TPSA) is 36.4 Å². The summed E-state index contributed by atoms with van der Waals surface area (Å²) in [6.45, 7) is 7.50. The highest BCUT2D eigenvalue weighted by atomic mass is 35.5. The van der Waals surface area contributed by atoms with Gasteiger partial charge in [0.2, 0.25) is 0 Å². The first-order chi connectivity index (χ1) is 12.2. The predicted octanol–water partition coefficient (Wildman–Crippen LogP) is 5.69. The number of amides is 1. The lowest BCUT2D eigenvalue weighted by atomic mass is 10.3. The molecule has 0 saturated heterocycles. The fraction of sp³-hybridized carbons (Fsp3) is 0.368. The first-order valence-corrected chi connectivity index (χ1v) is 10.5. The number of hydrogen-bond donors (Lipinski definition) is 0. The maximum Gasteiger partial charge on any atom is 0.291 e. The molecule has 0 spiro atoms. The number of carbonyl (C=O) groups excluding carboxylic acids is 1. The zero-order chi connectivity index (χ0) is 17.6. The van der Waals surface area contributed by atoms with Crippen LogP contribution >= 0.6 is 35.9 Å². The van der Waals surface area contributed by atoms with Crippen molar-refractivity contribution in [3.63, 3.8) is 0 Å². The Hall–Kier alpha value is -1.21. The van der Waals surface area contributed by atoms with Crippen molar-refractivity contribution in [2.45, 2.75) is 30.1 Å². The number of benzene rings is 1. The van der Waals surface area contributed by atoms with Gasteiger partial charge in [0.15, 0.2) is 5.82 Å². The molecule has 0 fully saturated rings. The van der Waals surface area contributed by atoms with Gasteiger partial charge in [-0.25, -0.2) is 4.98 Å². The Morgan fingerprint density at radius 3 is 2.65 bits per heavy atom. The summed E-state index contributed by atoms with van der Waals surface area (Å²) in [5.74, 6) is 1.57. The van der Waals surface area contributed by atoms with Crippen molar-refractivity contribution in [3.05, 3.63) is 42.6 Å². The molecule has 0 radical (unpaired) electrons. The highest BCUT2D eigenvalue weighted by Gasteiger charge is 2.29. The highest BCUT2D eigenvalue weighted by Crippen LogP contribution is 2.47. The van der Waals surface area contributed by atoms with Crippen LogP contribution in [0.2, 0.25) is 0 Å². The Labute approximate surface area is 170 Å². The molecule has 0 bridgehead atoms. The van der Waals surface area contributed by atoms with E-state index in [0.29, 0.717) is 0 Å². The van der Waals surface area contributed by atoms with Crippen molar-refractivity contribution >= 4 is 52.7 Å². The third kappa shape index (κ3) is 4.74. The summed E-state index contributed by atoms with van der Waals surface area (Å²) in [5.41, 5.74) is 0.931. The van der Waals surface area contributed by atoms with Crippen LogP contribution in [0.15, 0.2) is 52.4 Å². The van der Waals surface area contributed by atoms with E-state index in [1.807, 2.05) is 30.3 Å². The van der Waals surface area contributed by atoms with Gasteiger partial charge < -0.3 is 4.90 Å². The summed E-state index contributed by atoms with van der Waals surface area (Å²) in [7, 11) is 0. The molecule has 26 heavy (non-hydrogen) atoms. The Morgan fingerprint density at radius 2 is 1.88 bits per heavy atom. The van der Waals surface area contributed by atoms with E-state index < -0.39 is 0 Å². The number of thioether (sulfide) groups is 1. The van der Waals surface area contributed by atoms with Gasteiger partial charge in [0.05, 0.1) is 10.6 Å². The van der Waals surface area contributed by atoms with Crippen LogP contribution in [0.25, 0.3) is 0 Å². The summed E-state index contributed by atoms with van der Waals surface area (Å²) >= 11 is 3.05. The first kappa shape index (κ1) is 21.1. The molecule has 1 aromatic carbocycles. The van der Waals surface area contributed by atoms with E-state index in [1.165, 1.54) is 11.8 Å². The van der Waals surface area contributed by atoms with Crippen molar-refractivity contribution in [1.82, 2.24) is 9.88 Å². The van der Waals surface area contributed by atoms with Crippen LogP contribution in [0.5, 0.6) is 0 Å². The molecule has 2 heterocycles. The molecule has 1 aliphatic rings. The van der Waals surface area contributed by atoms with Gasteiger partial charge in [-0.3, -0.25) is 9.69 Å². The number of rotatable bonds is 6. The van der Waals surface area contributed by atoms with Crippen LogP contribution in [-0.4, -0.2) is 40.5 Å². The first-order valence-electron chi connectivity index (χ1n) is 8.65. The van der Waals surface area contributed by atoms with Gasteiger partial charge in [-0.15, -0.1) is 12.4 Å². The molecular formula is C19H24ClN3OS2. The molecule has 1 aromatic heterocycles. The third-order valence-electron chi connectivity index (χ3n) is 4.21. The molecular weight excluding hydrogens is 386 g/mol. The Kier molecular flexibility index (Phi) is 8.28. The van der Waals surface area contributed by atoms with Crippen molar-refractivity contribution in [1.29, 1.82) is 0 Å². The van der Waals surface area contributed by atoms with E-state index >= 15 is 0 Å².